The van der Waals surface area contributed by atoms with Crippen LogP contribution in [0.3, 0.4) is 0 Å². The van der Waals surface area contributed by atoms with Crippen molar-refractivity contribution >= 4 is 16.8 Å². The SMILES string of the molecule is Cc1ccccc1CCc1ccc2c(c1)c(=O)c(C(N)=O)cn2-c1ccc(F)cc1. The molecule has 0 bridgehead atoms. The maximum Gasteiger partial charge on any atom is 0.254 e. The number of nitrogens with two attached hydrogens (primary N) is 1. The van der Waals surface area contributed by atoms with E-state index in [0.717, 1.165) is 18.4 Å². The Kier molecular flexibility index (Phi) is 5.19. The molecule has 150 valence electrons. The van der Waals surface area contributed by atoms with Gasteiger partial charge in [-0.1, -0.05) is 30.3 Å². The van der Waals surface area contributed by atoms with Crippen molar-refractivity contribution in [1.82, 2.24) is 4.57 Å². The number of hydrogen-bond donors (Lipinski definition) is 1. The van der Waals surface area contributed by atoms with Gasteiger partial charge in [0, 0.05) is 17.3 Å². The van der Waals surface area contributed by atoms with E-state index in [-0.39, 0.29) is 11.4 Å². The number of hydrogen-bond acceptors (Lipinski definition) is 2. The molecule has 4 aromatic rings. The van der Waals surface area contributed by atoms with E-state index in [1.54, 1.807) is 16.7 Å². The van der Waals surface area contributed by atoms with Crippen LogP contribution < -0.4 is 11.2 Å². The van der Waals surface area contributed by atoms with Crippen LogP contribution in [0.15, 0.2) is 77.7 Å². The number of fused-ring (bicyclic) bond motifs is 1. The molecule has 0 saturated carbocycles. The molecule has 0 unspecified atom stereocenters. The number of primary amides is 1. The van der Waals surface area contributed by atoms with Crippen LogP contribution in [0.1, 0.15) is 27.0 Å². The highest BCUT2D eigenvalue weighted by molar-refractivity contribution is 5.96. The van der Waals surface area contributed by atoms with Gasteiger partial charge in [0.15, 0.2) is 0 Å². The molecule has 1 heterocycles. The Morgan fingerprint density at radius 1 is 1.00 bits per heavy atom. The fourth-order valence-corrected chi connectivity index (χ4v) is 3.69. The van der Waals surface area contributed by atoms with Gasteiger partial charge in [0.2, 0.25) is 5.43 Å². The number of benzene rings is 3. The minimum Gasteiger partial charge on any atom is -0.365 e. The fourth-order valence-electron chi connectivity index (χ4n) is 3.69. The molecule has 0 aliphatic rings. The standard InChI is InChI=1S/C25H21FN2O2/c1-16-4-2-3-5-18(16)8-6-17-7-13-23-21(14-17)24(29)22(25(27)30)15-28(23)20-11-9-19(26)10-12-20/h2-5,7,9-15H,6,8H2,1H3,(H2,27,30). The lowest BCUT2D eigenvalue weighted by atomic mass is 9.99. The highest BCUT2D eigenvalue weighted by atomic mass is 19.1. The van der Waals surface area contributed by atoms with Crippen molar-refractivity contribution in [2.24, 2.45) is 5.73 Å². The van der Waals surface area contributed by atoms with Crippen molar-refractivity contribution in [3.8, 4) is 5.69 Å². The van der Waals surface area contributed by atoms with Crippen molar-refractivity contribution in [3.63, 3.8) is 0 Å². The van der Waals surface area contributed by atoms with E-state index < -0.39 is 11.3 Å². The highest BCUT2D eigenvalue weighted by Crippen LogP contribution is 2.21. The van der Waals surface area contributed by atoms with E-state index in [1.807, 2.05) is 30.3 Å². The lowest BCUT2D eigenvalue weighted by molar-refractivity contribution is 0.0999. The number of halogens is 1. The van der Waals surface area contributed by atoms with Crippen LogP contribution in [0.4, 0.5) is 4.39 Å². The number of aromatic nitrogens is 1. The molecule has 30 heavy (non-hydrogen) atoms. The van der Waals surface area contributed by atoms with Gasteiger partial charge in [0.25, 0.3) is 5.91 Å². The second-order valence-corrected chi connectivity index (χ2v) is 7.36. The van der Waals surface area contributed by atoms with E-state index in [1.165, 1.54) is 29.5 Å². The molecule has 2 N–H and O–H groups in total. The zero-order chi connectivity index (χ0) is 21.3. The third-order valence-corrected chi connectivity index (χ3v) is 5.38. The Hall–Kier alpha value is -3.73. The smallest absolute Gasteiger partial charge is 0.254 e. The van der Waals surface area contributed by atoms with Crippen LogP contribution in [0.5, 0.6) is 0 Å². The molecule has 0 atom stereocenters. The molecular weight excluding hydrogens is 379 g/mol. The number of pyridine rings is 1. The molecular formula is C25H21FN2O2. The summed E-state index contributed by atoms with van der Waals surface area (Å²) >= 11 is 0. The Bertz CT molecular complexity index is 1310. The number of aryl methyl sites for hydroxylation is 3. The molecule has 1 amide bonds. The number of amides is 1. The minimum absolute atomic E-state index is 0.0946. The molecule has 0 radical (unpaired) electrons. The van der Waals surface area contributed by atoms with Gasteiger partial charge >= 0.3 is 0 Å². The lowest BCUT2D eigenvalue weighted by Crippen LogP contribution is -2.24. The number of carbonyl (C=O) groups is 1. The Labute approximate surface area is 173 Å². The average Bonchev–Trinajstić information content (AvgIpc) is 2.74. The third-order valence-electron chi connectivity index (χ3n) is 5.38. The van der Waals surface area contributed by atoms with Crippen LogP contribution in [0, 0.1) is 12.7 Å². The molecule has 0 aliphatic heterocycles. The fraction of sp³-hybridized carbons (Fsp3) is 0.120. The van der Waals surface area contributed by atoms with E-state index >= 15 is 0 Å². The van der Waals surface area contributed by atoms with Crippen LogP contribution in [-0.4, -0.2) is 10.5 Å². The first-order valence-corrected chi connectivity index (χ1v) is 9.72. The predicted octanol–water partition coefficient (Wildman–Crippen LogP) is 4.32. The monoisotopic (exact) mass is 400 g/mol. The Morgan fingerprint density at radius 3 is 2.43 bits per heavy atom. The molecule has 0 fully saturated rings. The van der Waals surface area contributed by atoms with Gasteiger partial charge < -0.3 is 10.3 Å². The van der Waals surface area contributed by atoms with E-state index in [9.17, 15) is 14.0 Å². The first-order valence-electron chi connectivity index (χ1n) is 9.72. The summed E-state index contributed by atoms with van der Waals surface area (Å²) in [6.45, 7) is 2.08. The molecule has 0 spiro atoms. The van der Waals surface area contributed by atoms with Crippen LogP contribution >= 0.6 is 0 Å². The summed E-state index contributed by atoms with van der Waals surface area (Å²) in [5.74, 6) is -1.15. The molecule has 4 nitrogen and oxygen atoms in total. The zero-order valence-electron chi connectivity index (χ0n) is 16.6. The molecule has 4 rings (SSSR count). The Balaban J connectivity index is 1.81. The minimum atomic E-state index is -0.789. The second-order valence-electron chi connectivity index (χ2n) is 7.36. The van der Waals surface area contributed by atoms with E-state index in [0.29, 0.717) is 16.6 Å². The van der Waals surface area contributed by atoms with Gasteiger partial charge in [-0.2, -0.15) is 0 Å². The summed E-state index contributed by atoms with van der Waals surface area (Å²) in [7, 11) is 0. The Morgan fingerprint density at radius 2 is 1.73 bits per heavy atom. The predicted molar refractivity (Wildman–Crippen MR) is 117 cm³/mol. The quantitative estimate of drug-likeness (QED) is 0.542. The summed E-state index contributed by atoms with van der Waals surface area (Å²) in [5, 5.41) is 0.415. The topological polar surface area (TPSA) is 65.1 Å². The normalized spacial score (nSPS) is 11.0. The molecule has 5 heteroatoms. The maximum absolute atomic E-state index is 13.4. The summed E-state index contributed by atoms with van der Waals surface area (Å²) in [6, 6.07) is 19.7. The number of carbonyl (C=O) groups excluding carboxylic acids is 1. The van der Waals surface area contributed by atoms with Gasteiger partial charge in [-0.3, -0.25) is 9.59 Å². The van der Waals surface area contributed by atoms with Crippen LogP contribution in [0.25, 0.3) is 16.6 Å². The summed E-state index contributed by atoms with van der Waals surface area (Å²) < 4.78 is 15.1. The largest absolute Gasteiger partial charge is 0.365 e. The first-order chi connectivity index (χ1) is 14.4. The zero-order valence-corrected chi connectivity index (χ0v) is 16.6. The van der Waals surface area contributed by atoms with E-state index in [2.05, 4.69) is 19.1 Å². The summed E-state index contributed by atoms with van der Waals surface area (Å²) in [5.41, 5.74) is 9.72. The van der Waals surface area contributed by atoms with E-state index in [4.69, 9.17) is 5.73 Å². The van der Waals surface area contributed by atoms with Gasteiger partial charge in [-0.15, -0.1) is 0 Å². The molecule has 1 aromatic heterocycles. The van der Waals surface area contributed by atoms with Crippen molar-refractivity contribution in [3.05, 3.63) is 111 Å². The van der Waals surface area contributed by atoms with Gasteiger partial charge in [0.05, 0.1) is 5.52 Å². The average molecular weight is 400 g/mol. The highest BCUT2D eigenvalue weighted by Gasteiger charge is 2.15. The molecule has 0 aliphatic carbocycles. The number of nitrogens with zero attached hydrogens (tertiary/aromatic N) is 1. The van der Waals surface area contributed by atoms with Gasteiger partial charge in [-0.05, 0) is 72.9 Å². The third kappa shape index (κ3) is 3.74. The van der Waals surface area contributed by atoms with Crippen LogP contribution in [-0.2, 0) is 12.8 Å². The molecule has 3 aromatic carbocycles. The van der Waals surface area contributed by atoms with Gasteiger partial charge in [0.1, 0.15) is 11.4 Å². The first kappa shape index (κ1) is 19.6. The van der Waals surface area contributed by atoms with Crippen LogP contribution in [0.2, 0.25) is 0 Å². The number of rotatable bonds is 5. The molecule has 0 saturated heterocycles. The van der Waals surface area contributed by atoms with Crippen molar-refractivity contribution in [2.75, 3.05) is 0 Å². The second kappa shape index (κ2) is 7.95. The van der Waals surface area contributed by atoms with Crippen molar-refractivity contribution in [1.29, 1.82) is 0 Å². The summed E-state index contributed by atoms with van der Waals surface area (Å²) in [6.07, 6.45) is 3.03. The van der Waals surface area contributed by atoms with Crippen molar-refractivity contribution < 1.29 is 9.18 Å². The van der Waals surface area contributed by atoms with Crippen molar-refractivity contribution in [2.45, 2.75) is 19.8 Å². The summed E-state index contributed by atoms with van der Waals surface area (Å²) in [4.78, 5) is 24.8. The maximum atomic E-state index is 13.4. The van der Waals surface area contributed by atoms with Gasteiger partial charge in [-0.25, -0.2) is 4.39 Å². The lowest BCUT2D eigenvalue weighted by Gasteiger charge is -2.14.